The zero-order chi connectivity index (χ0) is 15.9. The average molecular weight is 335 g/mol. The summed E-state index contributed by atoms with van der Waals surface area (Å²) in [5.74, 6) is -0.296. The summed E-state index contributed by atoms with van der Waals surface area (Å²) in [6, 6.07) is 5.52. The molecule has 3 aromatic rings. The Morgan fingerprint density at radius 1 is 1.41 bits per heavy atom. The van der Waals surface area contributed by atoms with E-state index in [9.17, 15) is 4.79 Å². The van der Waals surface area contributed by atoms with Gasteiger partial charge in [-0.05, 0) is 31.5 Å². The van der Waals surface area contributed by atoms with Gasteiger partial charge in [-0.1, -0.05) is 29.0 Å². The molecule has 0 aliphatic carbocycles. The first-order chi connectivity index (χ1) is 10.5. The fraction of sp³-hybridized carbons (Fsp3) is 0.267. The number of thiazole rings is 1. The minimum atomic E-state index is -0.296. The summed E-state index contributed by atoms with van der Waals surface area (Å²) < 4.78 is 4.49. The predicted octanol–water partition coefficient (Wildman–Crippen LogP) is 3.16. The molecule has 0 saturated carbocycles. The molecule has 3 rings (SSSR count). The third kappa shape index (κ3) is 2.38. The molecule has 0 unspecified atom stereocenters. The van der Waals surface area contributed by atoms with Gasteiger partial charge in [-0.3, -0.25) is 9.48 Å². The lowest BCUT2D eigenvalue weighted by molar-refractivity contribution is 0.0988. The van der Waals surface area contributed by atoms with Crippen molar-refractivity contribution < 1.29 is 4.79 Å². The predicted molar refractivity (Wildman–Crippen MR) is 88.3 cm³/mol. The number of halogens is 1. The van der Waals surface area contributed by atoms with Crippen molar-refractivity contribution >= 4 is 39.1 Å². The monoisotopic (exact) mass is 334 g/mol. The van der Waals surface area contributed by atoms with Gasteiger partial charge in [-0.2, -0.15) is 10.1 Å². The minimum absolute atomic E-state index is 0.296. The summed E-state index contributed by atoms with van der Waals surface area (Å²) in [7, 11) is 1.89. The number of nitrogens with zero attached hydrogens (tertiary/aromatic N) is 4. The molecule has 0 aliphatic rings. The zero-order valence-electron chi connectivity index (χ0n) is 12.5. The molecule has 5 nitrogen and oxygen atoms in total. The second-order valence-electron chi connectivity index (χ2n) is 4.93. The second-order valence-corrected chi connectivity index (χ2v) is 6.32. The Morgan fingerprint density at radius 2 is 2.18 bits per heavy atom. The molecule has 2 aromatic heterocycles. The maximum atomic E-state index is 12.4. The number of aryl methyl sites for hydroxylation is 3. The highest BCUT2D eigenvalue weighted by atomic mass is 35.5. The van der Waals surface area contributed by atoms with E-state index >= 15 is 0 Å². The largest absolute Gasteiger partial charge is 0.319 e. The van der Waals surface area contributed by atoms with E-state index in [0.29, 0.717) is 22.1 Å². The third-order valence-electron chi connectivity index (χ3n) is 3.53. The van der Waals surface area contributed by atoms with Crippen LogP contribution in [0.5, 0.6) is 0 Å². The van der Waals surface area contributed by atoms with E-state index < -0.39 is 0 Å². The molecule has 0 atom stereocenters. The molecule has 0 radical (unpaired) electrons. The lowest BCUT2D eigenvalue weighted by Crippen LogP contribution is -2.15. The molecule has 0 aliphatic heterocycles. The quantitative estimate of drug-likeness (QED) is 0.723. The molecule has 2 heterocycles. The first-order valence-electron chi connectivity index (χ1n) is 6.88. The summed E-state index contributed by atoms with van der Waals surface area (Å²) in [5, 5.41) is 4.78. The molecular weight excluding hydrogens is 320 g/mol. The Balaban J connectivity index is 2.18. The maximum Gasteiger partial charge on any atom is 0.297 e. The number of aromatic nitrogens is 3. The highest BCUT2D eigenvalue weighted by Crippen LogP contribution is 2.28. The summed E-state index contributed by atoms with van der Waals surface area (Å²) in [6.45, 7) is 4.59. The Morgan fingerprint density at radius 3 is 2.86 bits per heavy atom. The van der Waals surface area contributed by atoms with Crippen molar-refractivity contribution in [3.63, 3.8) is 0 Å². The first-order valence-corrected chi connectivity index (χ1v) is 8.08. The van der Waals surface area contributed by atoms with Gasteiger partial charge in [0.1, 0.15) is 5.69 Å². The van der Waals surface area contributed by atoms with E-state index in [-0.39, 0.29) is 5.91 Å². The number of amides is 1. The van der Waals surface area contributed by atoms with E-state index in [0.717, 1.165) is 15.8 Å². The van der Waals surface area contributed by atoms with Crippen molar-refractivity contribution in [1.29, 1.82) is 0 Å². The Kier molecular flexibility index (Phi) is 3.88. The summed E-state index contributed by atoms with van der Waals surface area (Å²) in [6.07, 6.45) is 1.61. The number of benzene rings is 1. The Labute approximate surface area is 136 Å². The smallest absolute Gasteiger partial charge is 0.297 e. The van der Waals surface area contributed by atoms with Crippen molar-refractivity contribution in [2.24, 2.45) is 12.0 Å². The molecule has 7 heteroatoms. The number of fused-ring (bicyclic) bond motifs is 1. The van der Waals surface area contributed by atoms with Gasteiger partial charge in [0.15, 0.2) is 4.80 Å². The molecule has 22 heavy (non-hydrogen) atoms. The molecule has 0 saturated heterocycles. The topological polar surface area (TPSA) is 52.2 Å². The van der Waals surface area contributed by atoms with E-state index in [2.05, 4.69) is 10.1 Å². The minimum Gasteiger partial charge on any atom is -0.319 e. The van der Waals surface area contributed by atoms with Gasteiger partial charge >= 0.3 is 0 Å². The number of rotatable bonds is 2. The molecular formula is C15H15ClN4OS. The van der Waals surface area contributed by atoms with Crippen LogP contribution in [0.3, 0.4) is 0 Å². The Bertz CT molecular complexity index is 935. The molecule has 1 aromatic carbocycles. The van der Waals surface area contributed by atoms with Crippen molar-refractivity contribution in [3.8, 4) is 0 Å². The van der Waals surface area contributed by atoms with E-state index in [4.69, 9.17) is 11.6 Å². The van der Waals surface area contributed by atoms with Crippen LogP contribution in [0.15, 0.2) is 29.4 Å². The van der Waals surface area contributed by atoms with Crippen molar-refractivity contribution in [3.05, 3.63) is 45.5 Å². The van der Waals surface area contributed by atoms with Crippen LogP contribution < -0.4 is 4.80 Å². The van der Waals surface area contributed by atoms with Crippen molar-refractivity contribution in [1.82, 2.24) is 14.3 Å². The van der Waals surface area contributed by atoms with Crippen LogP contribution in [0.1, 0.15) is 23.0 Å². The van der Waals surface area contributed by atoms with Gasteiger partial charge in [-0.25, -0.2) is 0 Å². The zero-order valence-corrected chi connectivity index (χ0v) is 14.1. The van der Waals surface area contributed by atoms with Crippen LogP contribution in [0.2, 0.25) is 5.02 Å². The van der Waals surface area contributed by atoms with Gasteiger partial charge in [-0.15, -0.1) is 0 Å². The van der Waals surface area contributed by atoms with E-state index in [1.54, 1.807) is 16.9 Å². The molecule has 0 spiro atoms. The summed E-state index contributed by atoms with van der Waals surface area (Å²) in [4.78, 5) is 17.3. The van der Waals surface area contributed by atoms with Gasteiger partial charge in [0, 0.05) is 19.8 Å². The van der Waals surface area contributed by atoms with Crippen molar-refractivity contribution in [2.75, 3.05) is 0 Å². The molecule has 1 amide bonds. The van der Waals surface area contributed by atoms with Gasteiger partial charge in [0.25, 0.3) is 5.91 Å². The number of hydrogen-bond acceptors (Lipinski definition) is 3. The van der Waals surface area contributed by atoms with Crippen LogP contribution in [-0.4, -0.2) is 20.3 Å². The van der Waals surface area contributed by atoms with Crippen LogP contribution in [0.25, 0.3) is 10.2 Å². The second kappa shape index (κ2) is 5.70. The molecule has 0 N–H and O–H groups in total. The highest BCUT2D eigenvalue weighted by molar-refractivity contribution is 7.17. The fourth-order valence-corrected chi connectivity index (χ4v) is 3.79. The standard InChI is InChI=1S/C15H15ClN4OS/c1-4-20-11(7-8-17-20)14(21)18-15-19(3)12-9(2)5-6-10(16)13(12)22-15/h5-8H,4H2,1-3H3. The van der Waals surface area contributed by atoms with Crippen LogP contribution in [-0.2, 0) is 13.6 Å². The fourth-order valence-electron chi connectivity index (χ4n) is 2.42. The lowest BCUT2D eigenvalue weighted by Gasteiger charge is -2.01. The number of hydrogen-bond donors (Lipinski definition) is 0. The van der Waals surface area contributed by atoms with E-state index in [1.165, 1.54) is 11.3 Å². The highest BCUT2D eigenvalue weighted by Gasteiger charge is 2.13. The maximum absolute atomic E-state index is 12.4. The van der Waals surface area contributed by atoms with Crippen LogP contribution in [0.4, 0.5) is 0 Å². The Hall–Kier alpha value is -1.92. The number of carbonyl (C=O) groups excluding carboxylic acids is 1. The lowest BCUT2D eigenvalue weighted by atomic mass is 10.2. The summed E-state index contributed by atoms with van der Waals surface area (Å²) >= 11 is 7.67. The van der Waals surface area contributed by atoms with E-state index in [1.807, 2.05) is 37.6 Å². The van der Waals surface area contributed by atoms with Crippen LogP contribution >= 0.6 is 22.9 Å². The third-order valence-corrected chi connectivity index (χ3v) is 5.13. The normalized spacial score (nSPS) is 12.3. The molecule has 0 bridgehead atoms. The van der Waals surface area contributed by atoms with Gasteiger partial charge < -0.3 is 4.57 Å². The average Bonchev–Trinajstić information content (AvgIpc) is 3.09. The SMILES string of the molecule is CCn1nccc1C(=O)N=c1sc2c(Cl)ccc(C)c2n1C. The van der Waals surface area contributed by atoms with Gasteiger partial charge in [0.05, 0.1) is 15.2 Å². The summed E-state index contributed by atoms with van der Waals surface area (Å²) in [5.41, 5.74) is 2.60. The first kappa shape index (κ1) is 15.0. The van der Waals surface area contributed by atoms with Crippen molar-refractivity contribution in [2.45, 2.75) is 20.4 Å². The molecule has 114 valence electrons. The number of carbonyl (C=O) groups is 1. The van der Waals surface area contributed by atoms with Gasteiger partial charge in [0.2, 0.25) is 0 Å². The molecule has 0 fully saturated rings. The van der Waals surface area contributed by atoms with Crippen LogP contribution in [0, 0.1) is 6.92 Å².